The fraction of sp³-hybridized carbons (Fsp3) is 0.0556. The summed E-state index contributed by atoms with van der Waals surface area (Å²) < 4.78 is 0. The van der Waals surface area contributed by atoms with Gasteiger partial charge in [0.1, 0.15) is 0 Å². The van der Waals surface area contributed by atoms with Crippen LogP contribution in [0, 0.1) is 0 Å². The third-order valence-corrected chi connectivity index (χ3v) is 7.49. The molecule has 0 amide bonds. The van der Waals surface area contributed by atoms with Crippen molar-refractivity contribution < 1.29 is 0 Å². The Morgan fingerprint density at radius 2 is 1.24 bits per heavy atom. The predicted octanol–water partition coefficient (Wildman–Crippen LogP) is 10.00. The second-order valence-corrected chi connectivity index (χ2v) is 9.47. The number of aryl methyl sites for hydroxylation is 1. The van der Waals surface area contributed by atoms with Gasteiger partial charge in [-0.3, -0.25) is 0 Å². The first-order chi connectivity index (χ1) is 17.8. The van der Waals surface area contributed by atoms with Crippen molar-refractivity contribution in [3.8, 4) is 22.3 Å². The second kappa shape index (κ2) is 9.10. The highest BCUT2D eigenvalue weighted by Crippen LogP contribution is 2.42. The third kappa shape index (κ3) is 3.62. The van der Waals surface area contributed by atoms with E-state index in [1.54, 1.807) is 0 Å². The van der Waals surface area contributed by atoms with Gasteiger partial charge in [-0.2, -0.15) is 0 Å². The van der Waals surface area contributed by atoms with E-state index in [1.165, 1.54) is 71.3 Å². The first kappa shape index (κ1) is 22.8. The lowest BCUT2D eigenvalue weighted by atomic mass is 9.86. The van der Waals surface area contributed by atoms with E-state index in [0.717, 1.165) is 6.42 Å². The van der Waals surface area contributed by atoms with Gasteiger partial charge in [-0.1, -0.05) is 115 Å². The van der Waals surface area contributed by atoms with Crippen LogP contribution in [0.5, 0.6) is 0 Å². The molecule has 3 N–H and O–H groups in total. The topological polar surface area (TPSA) is 35.0 Å². The molecule has 0 bridgehead atoms. The lowest BCUT2D eigenvalue weighted by Gasteiger charge is -2.17. The Hall–Kier alpha value is -4.64. The van der Waals surface area contributed by atoms with Crippen LogP contribution in [0.3, 0.4) is 0 Å². The molecule has 0 saturated heterocycles. The first-order valence-corrected chi connectivity index (χ1v) is 12.6. The van der Waals surface area contributed by atoms with Crippen LogP contribution in [0.15, 0.2) is 115 Å². The summed E-state index contributed by atoms with van der Waals surface area (Å²) in [6.45, 7) is 2.22. The number of rotatable bonds is 3. The summed E-state index contributed by atoms with van der Waals surface area (Å²) in [6, 6.07) is 37.9. The van der Waals surface area contributed by atoms with E-state index in [0.29, 0.717) is 0 Å². The number of hydrogen-bond acceptors (Lipinski definition) is 1. The van der Waals surface area contributed by atoms with Crippen LogP contribution in [-0.4, -0.2) is 0 Å². The summed E-state index contributed by atoms with van der Waals surface area (Å²) >= 11 is 0. The fourth-order valence-electron chi connectivity index (χ4n) is 5.72. The van der Waals surface area contributed by atoms with Crippen LogP contribution in [0.1, 0.15) is 23.6 Å². The standard InChI is InChI=1S/C36H24.H3N/c1-2-24-10-9-12-27(22-24)36-28-13-4-3-11-25(28)18-20-29(36)26-19-21-34-32-16-6-5-14-30(32)31-15-7-8-17-33(31)35(34)23-26;/h3-4,7-23H,2H2,1H3;1H3. The fourth-order valence-corrected chi connectivity index (χ4v) is 5.72. The first-order valence-electron chi connectivity index (χ1n) is 12.6. The highest BCUT2D eigenvalue weighted by molar-refractivity contribution is 6.16. The predicted molar refractivity (Wildman–Crippen MR) is 160 cm³/mol. The summed E-state index contributed by atoms with van der Waals surface area (Å²) in [5, 5.41) is 7.62. The molecule has 176 valence electrons. The second-order valence-electron chi connectivity index (χ2n) is 9.47. The molecular formula is C36H27N. The molecule has 1 aliphatic carbocycles. The summed E-state index contributed by atoms with van der Waals surface area (Å²) in [7, 11) is 0. The van der Waals surface area contributed by atoms with Gasteiger partial charge in [0.25, 0.3) is 0 Å². The molecule has 6 aromatic carbocycles. The van der Waals surface area contributed by atoms with E-state index >= 15 is 0 Å². The molecule has 1 aliphatic rings. The van der Waals surface area contributed by atoms with Crippen molar-refractivity contribution in [3.05, 3.63) is 131 Å². The molecule has 6 aromatic rings. The van der Waals surface area contributed by atoms with Gasteiger partial charge >= 0.3 is 0 Å². The molecule has 0 saturated carbocycles. The van der Waals surface area contributed by atoms with Crippen LogP contribution < -0.4 is 6.15 Å². The smallest absolute Gasteiger partial charge is 0.000878 e. The lowest BCUT2D eigenvalue weighted by Crippen LogP contribution is -1.92. The lowest BCUT2D eigenvalue weighted by molar-refractivity contribution is 1.14. The summed E-state index contributed by atoms with van der Waals surface area (Å²) in [5.41, 5.74) is 15.2. The molecule has 0 unspecified atom stereocenters. The van der Waals surface area contributed by atoms with E-state index in [-0.39, 0.29) is 6.15 Å². The van der Waals surface area contributed by atoms with Crippen molar-refractivity contribution in [3.63, 3.8) is 0 Å². The third-order valence-electron chi connectivity index (χ3n) is 7.49. The Labute approximate surface area is 217 Å². The molecule has 0 aromatic heterocycles. The summed E-state index contributed by atoms with van der Waals surface area (Å²) in [4.78, 5) is 0. The monoisotopic (exact) mass is 473 g/mol. The number of benzene rings is 6. The van der Waals surface area contributed by atoms with E-state index in [4.69, 9.17) is 0 Å². The van der Waals surface area contributed by atoms with E-state index < -0.39 is 0 Å². The summed E-state index contributed by atoms with van der Waals surface area (Å²) in [5.74, 6) is 0. The molecule has 1 heteroatoms. The van der Waals surface area contributed by atoms with Crippen molar-refractivity contribution in [2.45, 2.75) is 13.3 Å². The zero-order valence-electron chi connectivity index (χ0n) is 20.9. The van der Waals surface area contributed by atoms with Crippen molar-refractivity contribution in [1.82, 2.24) is 6.15 Å². The van der Waals surface area contributed by atoms with Crippen molar-refractivity contribution in [1.29, 1.82) is 0 Å². The van der Waals surface area contributed by atoms with Gasteiger partial charge in [0.15, 0.2) is 0 Å². The quantitative estimate of drug-likeness (QED) is 0.201. The van der Waals surface area contributed by atoms with E-state index in [2.05, 4.69) is 134 Å². The molecule has 0 fully saturated rings. The molecule has 0 aliphatic heterocycles. The average Bonchev–Trinajstić information content (AvgIpc) is 2.96. The van der Waals surface area contributed by atoms with Gasteiger partial charge < -0.3 is 6.15 Å². The molecule has 37 heavy (non-hydrogen) atoms. The van der Waals surface area contributed by atoms with Crippen LogP contribution in [0.4, 0.5) is 0 Å². The van der Waals surface area contributed by atoms with Gasteiger partial charge in [-0.25, -0.2) is 0 Å². The minimum absolute atomic E-state index is 0. The minimum atomic E-state index is 0. The SMILES string of the molecule is CCc1cccc(-c2c(-c3ccc4c5c(c6ccccc6c4c3)C=C=C=C5)ccc3ccccc23)c1.N. The van der Waals surface area contributed by atoms with Crippen molar-refractivity contribution >= 4 is 44.5 Å². The van der Waals surface area contributed by atoms with Gasteiger partial charge in [0, 0.05) is 0 Å². The Morgan fingerprint density at radius 1 is 0.541 bits per heavy atom. The minimum Gasteiger partial charge on any atom is -0.344 e. The van der Waals surface area contributed by atoms with Crippen LogP contribution >= 0.6 is 0 Å². The van der Waals surface area contributed by atoms with Gasteiger partial charge in [0.05, 0.1) is 0 Å². The molecular weight excluding hydrogens is 446 g/mol. The molecule has 0 spiro atoms. The van der Waals surface area contributed by atoms with Gasteiger partial charge in [0.2, 0.25) is 0 Å². The maximum atomic E-state index is 3.18. The largest absolute Gasteiger partial charge is 0.344 e. The Bertz CT molecular complexity index is 1940. The molecule has 7 rings (SSSR count). The molecule has 1 nitrogen and oxygen atoms in total. The Morgan fingerprint density at radius 3 is 2.03 bits per heavy atom. The highest BCUT2D eigenvalue weighted by atomic mass is 14.2. The van der Waals surface area contributed by atoms with Crippen LogP contribution in [-0.2, 0) is 6.42 Å². The number of fused-ring (bicyclic) bond motifs is 7. The van der Waals surface area contributed by atoms with Crippen LogP contribution in [0.2, 0.25) is 0 Å². The van der Waals surface area contributed by atoms with E-state index in [1.807, 2.05) is 0 Å². The van der Waals surface area contributed by atoms with E-state index in [9.17, 15) is 0 Å². The highest BCUT2D eigenvalue weighted by Gasteiger charge is 2.16. The maximum absolute atomic E-state index is 3.18. The average molecular weight is 474 g/mol. The Balaban J connectivity index is 0.00000252. The zero-order valence-corrected chi connectivity index (χ0v) is 20.9. The van der Waals surface area contributed by atoms with Gasteiger partial charge in [-0.05, 0) is 95.9 Å². The maximum Gasteiger partial charge on any atom is -0.000878 e. The molecule has 0 heterocycles. The normalized spacial score (nSPS) is 11.7. The summed E-state index contributed by atoms with van der Waals surface area (Å²) in [6.07, 6.45) is 5.16. The van der Waals surface area contributed by atoms with Crippen molar-refractivity contribution in [2.75, 3.05) is 0 Å². The van der Waals surface area contributed by atoms with Gasteiger partial charge in [-0.15, -0.1) is 0 Å². The molecule has 0 atom stereocenters. The molecule has 0 radical (unpaired) electrons. The zero-order chi connectivity index (χ0) is 24.1. The van der Waals surface area contributed by atoms with Crippen LogP contribution in [0.25, 0.3) is 66.7 Å². The number of hydrogen-bond donors (Lipinski definition) is 1. The Kier molecular flexibility index (Phi) is 5.61. The van der Waals surface area contributed by atoms with Crippen molar-refractivity contribution in [2.24, 2.45) is 0 Å².